The fraction of sp³-hybridized carbons (Fsp3) is 0.625. The van der Waals surface area contributed by atoms with Crippen LogP contribution in [0.1, 0.15) is 45.7 Å². The van der Waals surface area contributed by atoms with Gasteiger partial charge in [0.1, 0.15) is 5.82 Å². The van der Waals surface area contributed by atoms with Gasteiger partial charge in [-0.1, -0.05) is 13.0 Å². The lowest BCUT2D eigenvalue weighted by atomic mass is 10.0. The lowest BCUT2D eigenvalue weighted by molar-refractivity contribution is 0.215. The smallest absolute Gasteiger partial charge is 0.146 e. The number of rotatable bonds is 7. The maximum absolute atomic E-state index is 14.3. The van der Waals surface area contributed by atoms with Crippen molar-refractivity contribution in [3.05, 3.63) is 29.6 Å². The van der Waals surface area contributed by atoms with Crippen LogP contribution in [-0.2, 0) is 0 Å². The minimum absolute atomic E-state index is 0.0286. The maximum Gasteiger partial charge on any atom is 0.146 e. The Labute approximate surface area is 121 Å². The van der Waals surface area contributed by atoms with E-state index in [-0.39, 0.29) is 18.5 Å². The number of likely N-dealkylation sites (N-methyl/N-ethyl adjacent to an activating group) is 1. The van der Waals surface area contributed by atoms with Crippen molar-refractivity contribution < 1.29 is 9.50 Å². The van der Waals surface area contributed by atoms with Crippen LogP contribution in [0.25, 0.3) is 0 Å². The molecule has 0 aromatic heterocycles. The third-order valence-corrected chi connectivity index (χ3v) is 3.83. The molecule has 114 valence electrons. The minimum Gasteiger partial charge on any atom is -0.394 e. The van der Waals surface area contributed by atoms with Gasteiger partial charge in [-0.15, -0.1) is 0 Å². The predicted molar refractivity (Wildman–Crippen MR) is 82.7 cm³/mol. The Hall–Kier alpha value is -1.13. The number of anilines is 1. The van der Waals surface area contributed by atoms with Crippen LogP contribution in [0.15, 0.2) is 18.2 Å². The Morgan fingerprint density at radius 1 is 1.40 bits per heavy atom. The molecule has 3 nitrogen and oxygen atoms in total. The van der Waals surface area contributed by atoms with Gasteiger partial charge in [-0.2, -0.15) is 0 Å². The second-order valence-electron chi connectivity index (χ2n) is 5.92. The zero-order chi connectivity index (χ0) is 15.3. The second-order valence-corrected chi connectivity index (χ2v) is 5.92. The number of halogens is 1. The highest BCUT2D eigenvalue weighted by molar-refractivity contribution is 5.51. The van der Waals surface area contributed by atoms with Crippen molar-refractivity contribution >= 4 is 5.69 Å². The number of nitrogens with one attached hydrogen (secondary N) is 1. The fourth-order valence-corrected chi connectivity index (χ4v) is 1.98. The molecule has 20 heavy (non-hydrogen) atoms. The Morgan fingerprint density at radius 2 is 2.05 bits per heavy atom. The zero-order valence-electron chi connectivity index (χ0n) is 13.2. The summed E-state index contributed by atoms with van der Waals surface area (Å²) in [5, 5.41) is 12.7. The third-order valence-electron chi connectivity index (χ3n) is 3.83. The van der Waals surface area contributed by atoms with Crippen LogP contribution in [0.2, 0.25) is 0 Å². The molecule has 0 aliphatic carbocycles. The summed E-state index contributed by atoms with van der Waals surface area (Å²) in [5.41, 5.74) is 0.958. The molecule has 0 amide bonds. The van der Waals surface area contributed by atoms with Crippen LogP contribution >= 0.6 is 0 Å². The van der Waals surface area contributed by atoms with Crippen LogP contribution in [-0.4, -0.2) is 30.8 Å². The molecule has 0 bridgehead atoms. The van der Waals surface area contributed by atoms with E-state index in [9.17, 15) is 9.50 Å². The van der Waals surface area contributed by atoms with E-state index < -0.39 is 5.54 Å². The van der Waals surface area contributed by atoms with Crippen molar-refractivity contribution in [1.29, 1.82) is 0 Å². The minimum atomic E-state index is -0.492. The average Bonchev–Trinajstić information content (AvgIpc) is 2.43. The molecule has 0 saturated carbocycles. The Kier molecular flexibility index (Phi) is 5.96. The number of benzene rings is 1. The second kappa shape index (κ2) is 7.04. The van der Waals surface area contributed by atoms with Gasteiger partial charge in [0.15, 0.2) is 0 Å². The number of nitrogens with zero attached hydrogens (tertiary/aromatic N) is 1. The van der Waals surface area contributed by atoms with E-state index in [4.69, 9.17) is 0 Å². The predicted octanol–water partition coefficient (Wildman–Crippen LogP) is 3.09. The van der Waals surface area contributed by atoms with Crippen molar-refractivity contribution in [1.82, 2.24) is 5.32 Å². The van der Waals surface area contributed by atoms with Crippen LogP contribution in [0.5, 0.6) is 0 Å². The van der Waals surface area contributed by atoms with Crippen molar-refractivity contribution in [2.24, 2.45) is 0 Å². The first kappa shape index (κ1) is 16.9. The lowest BCUT2D eigenvalue weighted by Gasteiger charge is -2.36. The standard InChI is InChI=1S/C16H27FN2O/c1-6-9-18-12(2)13-7-8-15(14(17)10-13)19(5)16(3,4)11-20/h7-8,10,12,18,20H,6,9,11H2,1-5H3. The first-order chi connectivity index (χ1) is 9.33. The van der Waals surface area contributed by atoms with E-state index in [1.54, 1.807) is 24.1 Å². The molecule has 1 atom stereocenters. The summed E-state index contributed by atoms with van der Waals surface area (Å²) in [6, 6.07) is 5.43. The van der Waals surface area contributed by atoms with E-state index in [0.717, 1.165) is 18.5 Å². The molecule has 1 aromatic carbocycles. The molecule has 0 radical (unpaired) electrons. The van der Waals surface area contributed by atoms with Gasteiger partial charge < -0.3 is 15.3 Å². The zero-order valence-corrected chi connectivity index (χ0v) is 13.2. The van der Waals surface area contributed by atoms with Crippen molar-refractivity contribution in [2.75, 3.05) is 25.1 Å². The largest absolute Gasteiger partial charge is 0.394 e. The highest BCUT2D eigenvalue weighted by atomic mass is 19.1. The normalized spacial score (nSPS) is 13.3. The molecule has 1 unspecified atom stereocenters. The number of hydrogen-bond acceptors (Lipinski definition) is 3. The summed E-state index contributed by atoms with van der Waals surface area (Å²) in [6.07, 6.45) is 1.05. The molecule has 2 N–H and O–H groups in total. The number of aliphatic hydroxyl groups excluding tert-OH is 1. The van der Waals surface area contributed by atoms with Crippen molar-refractivity contribution in [3.63, 3.8) is 0 Å². The summed E-state index contributed by atoms with van der Waals surface area (Å²) in [4.78, 5) is 1.77. The highest BCUT2D eigenvalue weighted by Crippen LogP contribution is 2.27. The summed E-state index contributed by atoms with van der Waals surface area (Å²) < 4.78 is 14.3. The molecule has 0 heterocycles. The summed E-state index contributed by atoms with van der Waals surface area (Å²) in [5.74, 6) is -0.253. The number of hydrogen-bond donors (Lipinski definition) is 2. The van der Waals surface area contributed by atoms with Gasteiger partial charge >= 0.3 is 0 Å². The molecular formula is C16H27FN2O. The Bertz CT molecular complexity index is 434. The summed E-state index contributed by atoms with van der Waals surface area (Å²) >= 11 is 0. The van der Waals surface area contributed by atoms with E-state index in [1.165, 1.54) is 0 Å². The average molecular weight is 282 g/mol. The molecule has 0 saturated heterocycles. The molecular weight excluding hydrogens is 255 g/mol. The summed E-state index contributed by atoms with van der Waals surface area (Å²) in [6.45, 7) is 8.79. The van der Waals surface area contributed by atoms with Crippen LogP contribution in [0.4, 0.5) is 10.1 Å². The van der Waals surface area contributed by atoms with Gasteiger partial charge in [-0.25, -0.2) is 4.39 Å². The van der Waals surface area contributed by atoms with Gasteiger partial charge in [0.2, 0.25) is 0 Å². The number of aliphatic hydroxyl groups is 1. The highest BCUT2D eigenvalue weighted by Gasteiger charge is 2.25. The fourth-order valence-electron chi connectivity index (χ4n) is 1.98. The topological polar surface area (TPSA) is 35.5 Å². The maximum atomic E-state index is 14.3. The Morgan fingerprint density at radius 3 is 2.55 bits per heavy atom. The molecule has 4 heteroatoms. The van der Waals surface area contributed by atoms with Crippen LogP contribution in [0, 0.1) is 5.82 Å². The first-order valence-electron chi connectivity index (χ1n) is 7.21. The SMILES string of the molecule is CCCNC(C)c1ccc(N(C)C(C)(C)CO)c(F)c1. The van der Waals surface area contributed by atoms with Crippen molar-refractivity contribution in [3.8, 4) is 0 Å². The molecule has 0 fully saturated rings. The first-order valence-corrected chi connectivity index (χ1v) is 7.21. The molecule has 1 aromatic rings. The van der Waals surface area contributed by atoms with E-state index >= 15 is 0 Å². The molecule has 0 aliphatic heterocycles. The Balaban J connectivity index is 2.93. The molecule has 0 spiro atoms. The van der Waals surface area contributed by atoms with E-state index in [0.29, 0.717) is 5.69 Å². The van der Waals surface area contributed by atoms with E-state index in [2.05, 4.69) is 12.2 Å². The van der Waals surface area contributed by atoms with Gasteiger partial charge in [0.05, 0.1) is 17.8 Å². The van der Waals surface area contributed by atoms with Crippen LogP contribution < -0.4 is 10.2 Å². The third kappa shape index (κ3) is 3.93. The monoisotopic (exact) mass is 282 g/mol. The van der Waals surface area contributed by atoms with Crippen molar-refractivity contribution in [2.45, 2.75) is 45.7 Å². The summed E-state index contributed by atoms with van der Waals surface area (Å²) in [7, 11) is 1.80. The lowest BCUT2D eigenvalue weighted by Crippen LogP contribution is -2.44. The van der Waals surface area contributed by atoms with Gasteiger partial charge in [0, 0.05) is 13.1 Å². The van der Waals surface area contributed by atoms with Gasteiger partial charge in [0.25, 0.3) is 0 Å². The van der Waals surface area contributed by atoms with Gasteiger partial charge in [-0.3, -0.25) is 0 Å². The molecule has 1 rings (SSSR count). The van der Waals surface area contributed by atoms with Crippen LogP contribution in [0.3, 0.4) is 0 Å². The van der Waals surface area contributed by atoms with E-state index in [1.807, 2.05) is 26.8 Å². The quantitative estimate of drug-likeness (QED) is 0.806. The molecule has 0 aliphatic rings. The van der Waals surface area contributed by atoms with Gasteiger partial charge in [-0.05, 0) is 51.4 Å².